The molecule has 1 heterocycles. The third kappa shape index (κ3) is 3.85. The molecular weight excluding hydrogens is 344 g/mol. The number of pyridine rings is 1. The Morgan fingerprint density at radius 1 is 1.11 bits per heavy atom. The number of hydrogen-bond donors (Lipinski definition) is 1. The van der Waals surface area contributed by atoms with E-state index in [0.29, 0.717) is 40.9 Å². The van der Waals surface area contributed by atoms with Crippen LogP contribution in [0.25, 0.3) is 10.8 Å². The number of anilines is 1. The molecule has 0 saturated heterocycles. The minimum absolute atomic E-state index is 0.110. The van der Waals surface area contributed by atoms with Gasteiger partial charge in [-0.2, -0.15) is 0 Å². The standard InChI is InChI=1S/C21H22N2O4/c1-14-13-15(27-3)7-8-16(14)20(24)22-19-6-4-5-18-17(19)9-10-23(21(18)25)11-12-26-2/h4-10,13H,11-12H2,1-3H3,(H,22,24). The van der Waals surface area contributed by atoms with Crippen LogP contribution in [0.15, 0.2) is 53.5 Å². The molecule has 1 amide bonds. The van der Waals surface area contributed by atoms with Crippen molar-refractivity contribution in [3.63, 3.8) is 0 Å². The number of amides is 1. The summed E-state index contributed by atoms with van der Waals surface area (Å²) >= 11 is 0. The van der Waals surface area contributed by atoms with Crippen LogP contribution in [0.5, 0.6) is 5.75 Å². The second-order valence-corrected chi connectivity index (χ2v) is 6.21. The highest BCUT2D eigenvalue weighted by Gasteiger charge is 2.13. The first-order valence-corrected chi connectivity index (χ1v) is 8.62. The van der Waals surface area contributed by atoms with Gasteiger partial charge in [0, 0.05) is 41.9 Å². The van der Waals surface area contributed by atoms with Crippen molar-refractivity contribution in [3.05, 3.63) is 70.1 Å². The molecule has 27 heavy (non-hydrogen) atoms. The van der Waals surface area contributed by atoms with Crippen LogP contribution in [0.3, 0.4) is 0 Å². The van der Waals surface area contributed by atoms with Crippen LogP contribution >= 0.6 is 0 Å². The maximum absolute atomic E-state index is 12.7. The van der Waals surface area contributed by atoms with Crippen LogP contribution in [0.4, 0.5) is 5.69 Å². The molecule has 0 aliphatic carbocycles. The highest BCUT2D eigenvalue weighted by atomic mass is 16.5. The van der Waals surface area contributed by atoms with E-state index >= 15 is 0 Å². The number of fused-ring (bicyclic) bond motifs is 1. The van der Waals surface area contributed by atoms with Crippen LogP contribution in [-0.2, 0) is 11.3 Å². The first kappa shape index (κ1) is 18.7. The van der Waals surface area contributed by atoms with Crippen LogP contribution in [0, 0.1) is 6.92 Å². The lowest BCUT2D eigenvalue weighted by atomic mass is 10.1. The van der Waals surface area contributed by atoms with Crippen molar-refractivity contribution < 1.29 is 14.3 Å². The highest BCUT2D eigenvalue weighted by Crippen LogP contribution is 2.23. The molecule has 6 nitrogen and oxygen atoms in total. The van der Waals surface area contributed by atoms with E-state index in [9.17, 15) is 9.59 Å². The van der Waals surface area contributed by atoms with E-state index in [4.69, 9.17) is 9.47 Å². The van der Waals surface area contributed by atoms with Crippen molar-refractivity contribution in [3.8, 4) is 5.75 Å². The Kier molecular flexibility index (Phi) is 5.57. The third-order valence-corrected chi connectivity index (χ3v) is 4.48. The Hall–Kier alpha value is -3.12. The zero-order chi connectivity index (χ0) is 19.4. The molecule has 3 aromatic rings. The molecule has 1 aromatic heterocycles. The van der Waals surface area contributed by atoms with Crippen molar-refractivity contribution in [1.29, 1.82) is 0 Å². The SMILES string of the molecule is COCCn1ccc2c(NC(=O)c3ccc(OC)cc3C)cccc2c1=O. The molecule has 0 saturated carbocycles. The summed E-state index contributed by atoms with van der Waals surface area (Å²) in [5, 5.41) is 4.17. The normalized spacial score (nSPS) is 10.8. The average Bonchev–Trinajstić information content (AvgIpc) is 2.67. The lowest BCUT2D eigenvalue weighted by molar-refractivity contribution is 0.102. The van der Waals surface area contributed by atoms with Gasteiger partial charge in [0.1, 0.15) is 5.75 Å². The van der Waals surface area contributed by atoms with Crippen LogP contribution in [-0.4, -0.2) is 31.3 Å². The van der Waals surface area contributed by atoms with Crippen molar-refractivity contribution >= 4 is 22.4 Å². The van der Waals surface area contributed by atoms with Crippen molar-refractivity contribution in [2.24, 2.45) is 0 Å². The number of aromatic nitrogens is 1. The van der Waals surface area contributed by atoms with E-state index in [-0.39, 0.29) is 11.5 Å². The molecule has 0 atom stereocenters. The molecule has 140 valence electrons. The third-order valence-electron chi connectivity index (χ3n) is 4.48. The van der Waals surface area contributed by atoms with Gasteiger partial charge in [0.2, 0.25) is 0 Å². The number of nitrogens with zero attached hydrogens (tertiary/aromatic N) is 1. The maximum atomic E-state index is 12.7. The topological polar surface area (TPSA) is 69.6 Å². The number of ether oxygens (including phenoxy) is 2. The van der Waals surface area contributed by atoms with Crippen LogP contribution in [0.2, 0.25) is 0 Å². The van der Waals surface area contributed by atoms with Gasteiger partial charge in [0.15, 0.2) is 0 Å². The molecule has 0 radical (unpaired) electrons. The second kappa shape index (κ2) is 8.05. The number of aryl methyl sites for hydroxylation is 1. The fraction of sp³-hybridized carbons (Fsp3) is 0.238. The lowest BCUT2D eigenvalue weighted by Crippen LogP contribution is -2.22. The van der Waals surface area contributed by atoms with Gasteiger partial charge in [-0.05, 0) is 48.9 Å². The van der Waals surface area contributed by atoms with E-state index in [1.807, 2.05) is 19.1 Å². The lowest BCUT2D eigenvalue weighted by Gasteiger charge is -2.12. The largest absolute Gasteiger partial charge is 0.497 e. The first-order chi connectivity index (χ1) is 13.0. The molecule has 6 heteroatoms. The molecule has 3 rings (SSSR count). The van der Waals surface area contributed by atoms with Gasteiger partial charge in [0.25, 0.3) is 11.5 Å². The van der Waals surface area contributed by atoms with Crippen molar-refractivity contribution in [1.82, 2.24) is 4.57 Å². The molecule has 0 bridgehead atoms. The summed E-state index contributed by atoms with van der Waals surface area (Å²) in [6.45, 7) is 2.79. The Morgan fingerprint density at radius 2 is 1.93 bits per heavy atom. The van der Waals surface area contributed by atoms with Crippen LogP contribution in [0.1, 0.15) is 15.9 Å². The monoisotopic (exact) mass is 366 g/mol. The summed E-state index contributed by atoms with van der Waals surface area (Å²) in [5.41, 5.74) is 1.86. The van der Waals surface area contributed by atoms with E-state index < -0.39 is 0 Å². The number of carbonyl (C=O) groups is 1. The fourth-order valence-electron chi connectivity index (χ4n) is 3.00. The first-order valence-electron chi connectivity index (χ1n) is 8.62. The quantitative estimate of drug-likeness (QED) is 0.727. The summed E-state index contributed by atoms with van der Waals surface area (Å²) in [7, 11) is 3.19. The van der Waals surface area contributed by atoms with Gasteiger partial charge in [-0.1, -0.05) is 6.07 Å². The summed E-state index contributed by atoms with van der Waals surface area (Å²) in [6.07, 6.45) is 1.72. The van der Waals surface area contributed by atoms with Crippen molar-refractivity contribution in [2.75, 3.05) is 26.1 Å². The average molecular weight is 366 g/mol. The highest BCUT2D eigenvalue weighted by molar-refractivity contribution is 6.09. The van der Waals surface area contributed by atoms with Gasteiger partial charge < -0.3 is 19.4 Å². The van der Waals surface area contributed by atoms with E-state index in [1.54, 1.807) is 55.3 Å². The molecule has 0 aliphatic heterocycles. The molecule has 0 unspecified atom stereocenters. The Balaban J connectivity index is 1.94. The minimum Gasteiger partial charge on any atom is -0.497 e. The number of hydrogen-bond acceptors (Lipinski definition) is 4. The van der Waals surface area contributed by atoms with Gasteiger partial charge in [-0.15, -0.1) is 0 Å². The Morgan fingerprint density at radius 3 is 2.63 bits per heavy atom. The predicted molar refractivity (Wildman–Crippen MR) is 106 cm³/mol. The smallest absolute Gasteiger partial charge is 0.258 e. The van der Waals surface area contributed by atoms with Gasteiger partial charge in [-0.3, -0.25) is 9.59 Å². The molecule has 1 N–H and O–H groups in total. The summed E-state index contributed by atoms with van der Waals surface area (Å²) in [6, 6.07) is 12.4. The van der Waals surface area contributed by atoms with Gasteiger partial charge >= 0.3 is 0 Å². The van der Waals surface area contributed by atoms with E-state index in [1.165, 1.54) is 0 Å². The summed E-state index contributed by atoms with van der Waals surface area (Å²) in [5.74, 6) is 0.469. The number of rotatable bonds is 6. The second-order valence-electron chi connectivity index (χ2n) is 6.21. The minimum atomic E-state index is -0.230. The molecule has 0 spiro atoms. The maximum Gasteiger partial charge on any atom is 0.258 e. The van der Waals surface area contributed by atoms with E-state index in [2.05, 4.69) is 5.32 Å². The van der Waals surface area contributed by atoms with Gasteiger partial charge in [-0.25, -0.2) is 0 Å². The zero-order valence-corrected chi connectivity index (χ0v) is 15.6. The zero-order valence-electron chi connectivity index (χ0n) is 15.6. The molecule has 0 aliphatic rings. The number of methoxy groups -OCH3 is 2. The van der Waals surface area contributed by atoms with E-state index in [0.717, 1.165) is 5.56 Å². The number of nitrogens with one attached hydrogen (secondary N) is 1. The van der Waals surface area contributed by atoms with Gasteiger partial charge in [0.05, 0.1) is 13.7 Å². The molecule has 0 fully saturated rings. The summed E-state index contributed by atoms with van der Waals surface area (Å²) in [4.78, 5) is 25.4. The number of benzene rings is 2. The predicted octanol–water partition coefficient (Wildman–Crippen LogP) is 3.22. The van der Waals surface area contributed by atoms with Crippen LogP contribution < -0.4 is 15.6 Å². The van der Waals surface area contributed by atoms with Crippen molar-refractivity contribution in [2.45, 2.75) is 13.5 Å². The Labute approximate surface area is 157 Å². The fourth-order valence-corrected chi connectivity index (χ4v) is 3.00. The Bertz CT molecular complexity index is 1040. The molecule has 2 aromatic carbocycles. The number of carbonyl (C=O) groups excluding carboxylic acids is 1. The summed E-state index contributed by atoms with van der Waals surface area (Å²) < 4.78 is 11.8. The molecular formula is C21H22N2O4.